The van der Waals surface area contributed by atoms with Crippen molar-refractivity contribution in [2.75, 3.05) is 11.1 Å². The maximum Gasteiger partial charge on any atom is 0.233 e. The highest BCUT2D eigenvalue weighted by atomic mass is 127. The molecule has 0 aliphatic heterocycles. The number of rotatable bonds is 2. The van der Waals surface area contributed by atoms with Gasteiger partial charge in [0.25, 0.3) is 0 Å². The van der Waals surface area contributed by atoms with E-state index in [1.165, 1.54) is 0 Å². The summed E-state index contributed by atoms with van der Waals surface area (Å²) in [5.74, 6) is 0.426. The van der Waals surface area contributed by atoms with Gasteiger partial charge in [-0.05, 0) is 46.3 Å². The predicted molar refractivity (Wildman–Crippen MR) is 71.7 cm³/mol. The van der Waals surface area contributed by atoms with Crippen LogP contribution >= 0.6 is 34.2 Å². The van der Waals surface area contributed by atoms with Gasteiger partial charge in [-0.15, -0.1) is 0 Å². The van der Waals surface area contributed by atoms with Crippen LogP contribution in [0.1, 0.15) is 0 Å². The number of hydrogen-bond donors (Lipinski definition) is 2. The molecular formula is C9H7ClIN5. The number of anilines is 3. The van der Waals surface area contributed by atoms with Crippen LogP contribution in [0.3, 0.4) is 0 Å². The molecule has 82 valence electrons. The first-order chi connectivity index (χ1) is 7.65. The van der Waals surface area contributed by atoms with Crippen molar-refractivity contribution < 1.29 is 0 Å². The fourth-order valence-electron chi connectivity index (χ4n) is 1.10. The van der Waals surface area contributed by atoms with Crippen LogP contribution in [0.4, 0.5) is 17.6 Å². The average molecular weight is 348 g/mol. The second-order valence-electron chi connectivity index (χ2n) is 2.89. The smallest absolute Gasteiger partial charge is 0.233 e. The second kappa shape index (κ2) is 4.79. The summed E-state index contributed by atoms with van der Waals surface area (Å²) in [6.07, 6.45) is 0. The Morgan fingerprint density at radius 2 is 1.94 bits per heavy atom. The van der Waals surface area contributed by atoms with Gasteiger partial charge in [-0.2, -0.15) is 15.0 Å². The van der Waals surface area contributed by atoms with Crippen molar-refractivity contribution in [2.45, 2.75) is 0 Å². The molecule has 16 heavy (non-hydrogen) atoms. The molecule has 0 unspecified atom stereocenters. The molecule has 0 amide bonds. The number of benzene rings is 1. The number of para-hydroxylation sites is 1. The zero-order chi connectivity index (χ0) is 11.5. The monoisotopic (exact) mass is 347 g/mol. The Morgan fingerprint density at radius 1 is 1.19 bits per heavy atom. The van der Waals surface area contributed by atoms with Crippen LogP contribution < -0.4 is 11.1 Å². The Bertz CT molecular complexity index is 499. The van der Waals surface area contributed by atoms with Gasteiger partial charge in [0.05, 0.1) is 5.69 Å². The molecular weight excluding hydrogens is 340 g/mol. The van der Waals surface area contributed by atoms with Crippen molar-refractivity contribution in [2.24, 2.45) is 0 Å². The van der Waals surface area contributed by atoms with Gasteiger partial charge in [0.2, 0.25) is 17.2 Å². The Labute approximate surface area is 111 Å². The van der Waals surface area contributed by atoms with Gasteiger partial charge in [0, 0.05) is 3.57 Å². The molecule has 0 saturated heterocycles. The standard InChI is InChI=1S/C9H7ClIN5/c10-7-14-8(12)16-9(15-7)13-6-4-2-1-3-5(6)11/h1-4H,(H3,12,13,14,15,16). The van der Waals surface area contributed by atoms with E-state index in [1.807, 2.05) is 24.3 Å². The number of halogens is 2. The first-order valence-corrected chi connectivity index (χ1v) is 5.79. The van der Waals surface area contributed by atoms with E-state index < -0.39 is 0 Å². The van der Waals surface area contributed by atoms with E-state index in [0.29, 0.717) is 5.95 Å². The molecule has 2 aromatic rings. The van der Waals surface area contributed by atoms with Gasteiger partial charge >= 0.3 is 0 Å². The predicted octanol–water partition coefficient (Wildman–Crippen LogP) is 2.46. The quantitative estimate of drug-likeness (QED) is 0.816. The van der Waals surface area contributed by atoms with E-state index in [0.717, 1.165) is 9.26 Å². The fraction of sp³-hybridized carbons (Fsp3) is 0. The number of aromatic nitrogens is 3. The number of nitrogens with zero attached hydrogens (tertiary/aromatic N) is 3. The van der Waals surface area contributed by atoms with E-state index in [2.05, 4.69) is 42.9 Å². The Balaban J connectivity index is 2.30. The lowest BCUT2D eigenvalue weighted by Gasteiger charge is -2.06. The highest BCUT2D eigenvalue weighted by Gasteiger charge is 2.04. The number of nitrogen functional groups attached to an aromatic ring is 1. The molecule has 1 heterocycles. The Kier molecular flexibility index (Phi) is 3.39. The minimum Gasteiger partial charge on any atom is -0.368 e. The van der Waals surface area contributed by atoms with E-state index in [4.69, 9.17) is 17.3 Å². The molecule has 0 fully saturated rings. The summed E-state index contributed by atoms with van der Waals surface area (Å²) >= 11 is 7.88. The van der Waals surface area contributed by atoms with Crippen molar-refractivity contribution in [3.05, 3.63) is 33.1 Å². The maximum atomic E-state index is 5.67. The summed E-state index contributed by atoms with van der Waals surface area (Å²) in [5.41, 5.74) is 6.36. The summed E-state index contributed by atoms with van der Waals surface area (Å²) in [7, 11) is 0. The summed E-state index contributed by atoms with van der Waals surface area (Å²) in [6, 6.07) is 7.74. The van der Waals surface area contributed by atoms with E-state index >= 15 is 0 Å². The van der Waals surface area contributed by atoms with Gasteiger partial charge < -0.3 is 11.1 Å². The molecule has 2 rings (SSSR count). The molecule has 3 N–H and O–H groups in total. The fourth-order valence-corrected chi connectivity index (χ4v) is 1.79. The molecule has 7 heteroatoms. The first-order valence-electron chi connectivity index (χ1n) is 4.34. The summed E-state index contributed by atoms with van der Waals surface area (Å²) in [5, 5.41) is 3.09. The average Bonchev–Trinajstić information content (AvgIpc) is 2.20. The van der Waals surface area contributed by atoms with Crippen LogP contribution in [0.2, 0.25) is 5.28 Å². The molecule has 1 aromatic heterocycles. The zero-order valence-electron chi connectivity index (χ0n) is 7.98. The summed E-state index contributed by atoms with van der Waals surface area (Å²) in [6.45, 7) is 0. The van der Waals surface area contributed by atoms with Gasteiger partial charge in [-0.3, -0.25) is 0 Å². The third kappa shape index (κ3) is 2.70. The van der Waals surface area contributed by atoms with Crippen LogP contribution in [-0.2, 0) is 0 Å². The van der Waals surface area contributed by atoms with Crippen molar-refractivity contribution in [1.82, 2.24) is 15.0 Å². The maximum absolute atomic E-state index is 5.67. The number of nitrogens with one attached hydrogen (secondary N) is 1. The van der Waals surface area contributed by atoms with Crippen LogP contribution in [0.15, 0.2) is 24.3 Å². The molecule has 1 aromatic carbocycles. The number of nitrogens with two attached hydrogens (primary N) is 1. The summed E-state index contributed by atoms with van der Waals surface area (Å²) in [4.78, 5) is 11.5. The molecule has 0 radical (unpaired) electrons. The normalized spacial score (nSPS) is 10.1. The van der Waals surface area contributed by atoms with Crippen LogP contribution in [-0.4, -0.2) is 15.0 Å². The second-order valence-corrected chi connectivity index (χ2v) is 4.39. The van der Waals surface area contributed by atoms with Crippen LogP contribution in [0, 0.1) is 3.57 Å². The van der Waals surface area contributed by atoms with E-state index in [9.17, 15) is 0 Å². The third-order valence-corrected chi connectivity index (χ3v) is 2.86. The highest BCUT2D eigenvalue weighted by Crippen LogP contribution is 2.20. The Morgan fingerprint density at radius 3 is 2.62 bits per heavy atom. The highest BCUT2D eigenvalue weighted by molar-refractivity contribution is 14.1. The molecule has 0 saturated carbocycles. The molecule has 0 spiro atoms. The van der Waals surface area contributed by atoms with Crippen molar-refractivity contribution >= 4 is 51.8 Å². The zero-order valence-corrected chi connectivity index (χ0v) is 10.9. The van der Waals surface area contributed by atoms with E-state index in [1.54, 1.807) is 0 Å². The third-order valence-electron chi connectivity index (χ3n) is 1.75. The lowest BCUT2D eigenvalue weighted by molar-refractivity contribution is 1.07. The molecule has 5 nitrogen and oxygen atoms in total. The minimum atomic E-state index is 0.0703. The van der Waals surface area contributed by atoms with Gasteiger partial charge in [-0.25, -0.2) is 0 Å². The SMILES string of the molecule is Nc1nc(Cl)nc(Nc2ccccc2I)n1. The van der Waals surface area contributed by atoms with Gasteiger partial charge in [0.15, 0.2) is 0 Å². The number of hydrogen-bond acceptors (Lipinski definition) is 5. The van der Waals surface area contributed by atoms with Crippen molar-refractivity contribution in [1.29, 1.82) is 0 Å². The largest absolute Gasteiger partial charge is 0.368 e. The van der Waals surface area contributed by atoms with Gasteiger partial charge in [-0.1, -0.05) is 12.1 Å². The lowest BCUT2D eigenvalue weighted by Crippen LogP contribution is -2.03. The molecule has 0 atom stereocenters. The van der Waals surface area contributed by atoms with Crippen LogP contribution in [0.25, 0.3) is 0 Å². The van der Waals surface area contributed by atoms with Gasteiger partial charge in [0.1, 0.15) is 0 Å². The first kappa shape index (κ1) is 11.3. The molecule has 0 aliphatic rings. The summed E-state index contributed by atoms with van der Waals surface area (Å²) < 4.78 is 1.05. The van der Waals surface area contributed by atoms with Crippen LogP contribution in [0.5, 0.6) is 0 Å². The molecule has 0 bridgehead atoms. The van der Waals surface area contributed by atoms with E-state index in [-0.39, 0.29) is 11.2 Å². The Hall–Kier alpha value is -1.15. The topological polar surface area (TPSA) is 76.7 Å². The van der Waals surface area contributed by atoms with Crippen molar-refractivity contribution in [3.63, 3.8) is 0 Å². The molecule has 0 aliphatic carbocycles. The minimum absolute atomic E-state index is 0.0703. The lowest BCUT2D eigenvalue weighted by atomic mass is 10.3. The van der Waals surface area contributed by atoms with Crippen molar-refractivity contribution in [3.8, 4) is 0 Å².